The molecular formula is C14H30N2. The monoisotopic (exact) mass is 226 g/mol. The van der Waals surface area contributed by atoms with Crippen LogP contribution in [0.25, 0.3) is 0 Å². The summed E-state index contributed by atoms with van der Waals surface area (Å²) in [6, 6.07) is 0. The molecule has 0 atom stereocenters. The van der Waals surface area contributed by atoms with Gasteiger partial charge in [0, 0.05) is 12.2 Å². The Bertz CT molecular complexity index is 155. The van der Waals surface area contributed by atoms with E-state index in [0.717, 1.165) is 19.5 Å². The second kappa shape index (κ2) is 12.6. The SMILES string of the molecule is C=C(CCCC)NCCCCCCCCN. The molecule has 0 radical (unpaired) electrons. The Kier molecular flexibility index (Phi) is 12.2. The second-order valence-electron chi connectivity index (χ2n) is 4.54. The first-order chi connectivity index (χ1) is 7.81. The molecule has 0 aromatic carbocycles. The molecule has 0 aliphatic heterocycles. The predicted octanol–water partition coefficient (Wildman–Crippen LogP) is 3.58. The Morgan fingerprint density at radius 2 is 1.62 bits per heavy atom. The lowest BCUT2D eigenvalue weighted by Gasteiger charge is -2.08. The quantitative estimate of drug-likeness (QED) is 0.499. The van der Waals surface area contributed by atoms with Crippen molar-refractivity contribution in [3.63, 3.8) is 0 Å². The van der Waals surface area contributed by atoms with E-state index in [9.17, 15) is 0 Å². The van der Waals surface area contributed by atoms with Gasteiger partial charge < -0.3 is 11.1 Å². The fraction of sp³-hybridized carbons (Fsp3) is 0.857. The van der Waals surface area contributed by atoms with Crippen LogP contribution in [-0.4, -0.2) is 13.1 Å². The molecule has 0 heterocycles. The lowest BCUT2D eigenvalue weighted by molar-refractivity contribution is 0.579. The Hall–Kier alpha value is -0.500. The van der Waals surface area contributed by atoms with Gasteiger partial charge in [0.1, 0.15) is 0 Å². The van der Waals surface area contributed by atoms with Gasteiger partial charge in [-0.15, -0.1) is 0 Å². The Morgan fingerprint density at radius 3 is 2.25 bits per heavy atom. The molecule has 0 aromatic heterocycles. The molecular weight excluding hydrogens is 196 g/mol. The van der Waals surface area contributed by atoms with E-state index in [1.54, 1.807) is 0 Å². The molecule has 0 rings (SSSR count). The Balaban J connectivity index is 3.05. The summed E-state index contributed by atoms with van der Waals surface area (Å²) in [5.74, 6) is 0. The average Bonchev–Trinajstić information content (AvgIpc) is 2.30. The van der Waals surface area contributed by atoms with E-state index in [1.807, 2.05) is 0 Å². The van der Waals surface area contributed by atoms with Crippen LogP contribution >= 0.6 is 0 Å². The predicted molar refractivity (Wildman–Crippen MR) is 73.4 cm³/mol. The molecule has 0 saturated heterocycles. The summed E-state index contributed by atoms with van der Waals surface area (Å²) in [6.07, 6.45) is 11.4. The minimum absolute atomic E-state index is 0.846. The van der Waals surface area contributed by atoms with Crippen molar-refractivity contribution >= 4 is 0 Å². The van der Waals surface area contributed by atoms with Crippen LogP contribution in [0.3, 0.4) is 0 Å². The van der Waals surface area contributed by atoms with Gasteiger partial charge in [0.05, 0.1) is 0 Å². The van der Waals surface area contributed by atoms with Crippen LogP contribution in [0.2, 0.25) is 0 Å². The summed E-state index contributed by atoms with van der Waals surface area (Å²) in [6.45, 7) is 8.19. The summed E-state index contributed by atoms with van der Waals surface area (Å²) >= 11 is 0. The fourth-order valence-electron chi connectivity index (χ4n) is 1.72. The topological polar surface area (TPSA) is 38.0 Å². The maximum atomic E-state index is 5.44. The Morgan fingerprint density at radius 1 is 1.00 bits per heavy atom. The number of hydrogen-bond acceptors (Lipinski definition) is 2. The zero-order chi connectivity index (χ0) is 12.1. The minimum Gasteiger partial charge on any atom is -0.389 e. The number of unbranched alkanes of at least 4 members (excludes halogenated alkanes) is 6. The van der Waals surface area contributed by atoms with Crippen molar-refractivity contribution in [2.24, 2.45) is 5.73 Å². The third-order valence-electron chi connectivity index (χ3n) is 2.84. The highest BCUT2D eigenvalue weighted by Gasteiger charge is 1.93. The zero-order valence-corrected chi connectivity index (χ0v) is 11.1. The number of hydrogen-bond donors (Lipinski definition) is 2. The van der Waals surface area contributed by atoms with Crippen LogP contribution in [0.4, 0.5) is 0 Å². The van der Waals surface area contributed by atoms with Crippen molar-refractivity contribution in [3.8, 4) is 0 Å². The van der Waals surface area contributed by atoms with E-state index in [1.165, 1.54) is 57.1 Å². The summed E-state index contributed by atoms with van der Waals surface area (Å²) in [5, 5.41) is 3.41. The molecule has 0 bridgehead atoms. The van der Waals surface area contributed by atoms with Crippen molar-refractivity contribution in [3.05, 3.63) is 12.3 Å². The van der Waals surface area contributed by atoms with Gasteiger partial charge in [-0.05, 0) is 32.2 Å². The highest BCUT2D eigenvalue weighted by molar-refractivity contribution is 4.90. The van der Waals surface area contributed by atoms with Crippen LogP contribution < -0.4 is 11.1 Å². The lowest BCUT2D eigenvalue weighted by atomic mass is 10.1. The van der Waals surface area contributed by atoms with E-state index in [0.29, 0.717) is 0 Å². The Labute approximate surface area is 102 Å². The van der Waals surface area contributed by atoms with Crippen molar-refractivity contribution < 1.29 is 0 Å². The number of allylic oxidation sites excluding steroid dienone is 1. The van der Waals surface area contributed by atoms with E-state index >= 15 is 0 Å². The van der Waals surface area contributed by atoms with Crippen LogP contribution in [0.1, 0.15) is 64.7 Å². The first kappa shape index (κ1) is 15.5. The number of nitrogens with two attached hydrogens (primary N) is 1. The highest BCUT2D eigenvalue weighted by atomic mass is 14.9. The second-order valence-corrected chi connectivity index (χ2v) is 4.54. The van der Waals surface area contributed by atoms with Gasteiger partial charge in [-0.2, -0.15) is 0 Å². The van der Waals surface area contributed by atoms with Crippen molar-refractivity contribution in [2.75, 3.05) is 13.1 Å². The molecule has 0 aromatic rings. The van der Waals surface area contributed by atoms with Crippen molar-refractivity contribution in [1.82, 2.24) is 5.32 Å². The van der Waals surface area contributed by atoms with Crippen LogP contribution in [0, 0.1) is 0 Å². The van der Waals surface area contributed by atoms with Crippen molar-refractivity contribution in [1.29, 1.82) is 0 Å². The maximum Gasteiger partial charge on any atom is 0.0143 e. The molecule has 96 valence electrons. The van der Waals surface area contributed by atoms with E-state index in [4.69, 9.17) is 5.73 Å². The van der Waals surface area contributed by atoms with Gasteiger partial charge in [-0.3, -0.25) is 0 Å². The molecule has 16 heavy (non-hydrogen) atoms. The molecule has 2 nitrogen and oxygen atoms in total. The summed E-state index contributed by atoms with van der Waals surface area (Å²) < 4.78 is 0. The van der Waals surface area contributed by atoms with E-state index in [-0.39, 0.29) is 0 Å². The summed E-state index contributed by atoms with van der Waals surface area (Å²) in [4.78, 5) is 0. The van der Waals surface area contributed by atoms with Crippen LogP contribution in [-0.2, 0) is 0 Å². The highest BCUT2D eigenvalue weighted by Crippen LogP contribution is 2.05. The standard InChI is InChI=1S/C14H30N2/c1-3-4-11-14(2)16-13-10-8-6-5-7-9-12-15/h16H,2-13,15H2,1H3. The molecule has 0 aliphatic carbocycles. The number of nitrogens with one attached hydrogen (secondary N) is 1. The average molecular weight is 226 g/mol. The van der Waals surface area contributed by atoms with Crippen molar-refractivity contribution in [2.45, 2.75) is 64.7 Å². The van der Waals surface area contributed by atoms with Gasteiger partial charge in [-0.1, -0.05) is 45.6 Å². The minimum atomic E-state index is 0.846. The maximum absolute atomic E-state index is 5.44. The summed E-state index contributed by atoms with van der Waals surface area (Å²) in [5.41, 5.74) is 6.66. The lowest BCUT2D eigenvalue weighted by Crippen LogP contribution is -2.13. The largest absolute Gasteiger partial charge is 0.389 e. The molecule has 0 amide bonds. The normalized spacial score (nSPS) is 10.4. The van der Waals surface area contributed by atoms with E-state index in [2.05, 4.69) is 18.8 Å². The number of rotatable bonds is 12. The smallest absolute Gasteiger partial charge is 0.0143 e. The molecule has 3 N–H and O–H groups in total. The van der Waals surface area contributed by atoms with Gasteiger partial charge in [0.2, 0.25) is 0 Å². The van der Waals surface area contributed by atoms with Gasteiger partial charge >= 0.3 is 0 Å². The molecule has 0 saturated carbocycles. The van der Waals surface area contributed by atoms with Gasteiger partial charge in [0.15, 0.2) is 0 Å². The van der Waals surface area contributed by atoms with E-state index < -0.39 is 0 Å². The van der Waals surface area contributed by atoms with Gasteiger partial charge in [-0.25, -0.2) is 0 Å². The summed E-state index contributed by atoms with van der Waals surface area (Å²) in [7, 11) is 0. The zero-order valence-electron chi connectivity index (χ0n) is 11.1. The molecule has 0 unspecified atom stereocenters. The third-order valence-corrected chi connectivity index (χ3v) is 2.84. The molecule has 0 fully saturated rings. The third kappa shape index (κ3) is 11.6. The molecule has 0 spiro atoms. The molecule has 0 aliphatic rings. The van der Waals surface area contributed by atoms with Crippen LogP contribution in [0.5, 0.6) is 0 Å². The molecule has 2 heteroatoms. The van der Waals surface area contributed by atoms with Crippen LogP contribution in [0.15, 0.2) is 12.3 Å². The fourth-order valence-corrected chi connectivity index (χ4v) is 1.72. The first-order valence-corrected chi connectivity index (χ1v) is 6.93. The van der Waals surface area contributed by atoms with Gasteiger partial charge in [0.25, 0.3) is 0 Å². The first-order valence-electron chi connectivity index (χ1n) is 6.93.